The van der Waals surface area contributed by atoms with Crippen molar-refractivity contribution in [2.24, 2.45) is 5.10 Å². The van der Waals surface area contributed by atoms with Crippen LogP contribution in [0.5, 0.6) is 0 Å². The highest BCUT2D eigenvalue weighted by molar-refractivity contribution is 8.04. The summed E-state index contributed by atoms with van der Waals surface area (Å²) in [5, 5.41) is 35.5. The number of nitro benzene ring substituents is 2. The summed E-state index contributed by atoms with van der Waals surface area (Å²) in [7, 11) is 0. The van der Waals surface area contributed by atoms with Gasteiger partial charge in [0.1, 0.15) is 18.0 Å². The zero-order chi connectivity index (χ0) is 29.2. The number of carbonyl (C=O) groups is 2. The Morgan fingerprint density at radius 1 is 1.05 bits per heavy atom. The summed E-state index contributed by atoms with van der Waals surface area (Å²) in [6.45, 7) is -0.0657. The standard InChI is InChI=1S/C26H18N6O8S2/c33-23(39-14-20-2-1-12-41-20)22-27-29(17-5-9-19(10-6-17)32(37)38)26-24(34)40-15-25(26)21(11-13-42-25)28(30(22)26)16-3-7-18(8-4-16)31(35)36/h1-13,21H,14-15H2/t21-,25+,26?/m1/s1. The van der Waals surface area contributed by atoms with Crippen molar-refractivity contribution in [1.82, 2.24) is 5.01 Å². The van der Waals surface area contributed by atoms with E-state index in [2.05, 4.69) is 5.10 Å². The minimum Gasteiger partial charge on any atom is -0.461 e. The first kappa shape index (κ1) is 26.0. The van der Waals surface area contributed by atoms with E-state index in [-0.39, 0.29) is 30.4 Å². The first-order valence-corrected chi connectivity index (χ1v) is 14.2. The number of ether oxygens (including phenoxy) is 2. The number of amidine groups is 1. The van der Waals surface area contributed by atoms with E-state index in [4.69, 9.17) is 9.47 Å². The Labute approximate surface area is 244 Å². The third kappa shape index (κ3) is 3.41. The number of benzene rings is 2. The second-order valence-electron chi connectivity index (χ2n) is 9.62. The van der Waals surface area contributed by atoms with Crippen LogP contribution in [0, 0.1) is 20.2 Å². The number of thiophene rings is 1. The number of hydrogen-bond acceptors (Lipinski definition) is 14. The molecular formula is C26H18N6O8S2. The number of esters is 2. The van der Waals surface area contributed by atoms with Gasteiger partial charge < -0.3 is 9.47 Å². The fraction of sp³-hybridized carbons (Fsp3) is 0.192. The summed E-state index contributed by atoms with van der Waals surface area (Å²) in [6.07, 6.45) is 1.87. The van der Waals surface area contributed by atoms with Crippen LogP contribution in [0.1, 0.15) is 4.88 Å². The topological polar surface area (TPSA) is 161 Å². The Morgan fingerprint density at radius 2 is 1.71 bits per heavy atom. The van der Waals surface area contributed by atoms with E-state index in [9.17, 15) is 29.8 Å². The van der Waals surface area contributed by atoms with Crippen molar-refractivity contribution in [1.29, 1.82) is 0 Å². The number of carbonyl (C=O) groups excluding carboxylic acids is 2. The molecule has 0 N–H and O–H groups in total. The molecule has 5 heterocycles. The molecule has 2 saturated heterocycles. The first-order chi connectivity index (χ1) is 20.3. The van der Waals surface area contributed by atoms with Crippen LogP contribution in [0.3, 0.4) is 0 Å². The van der Waals surface area contributed by atoms with Gasteiger partial charge in [-0.1, -0.05) is 12.1 Å². The fourth-order valence-electron chi connectivity index (χ4n) is 5.75. The van der Waals surface area contributed by atoms with Crippen LogP contribution in [0.25, 0.3) is 0 Å². The maximum absolute atomic E-state index is 14.0. The number of cyclic esters (lactones) is 1. The number of hydrazine groups is 1. The van der Waals surface area contributed by atoms with E-state index in [1.54, 1.807) is 5.01 Å². The molecule has 42 heavy (non-hydrogen) atoms. The first-order valence-electron chi connectivity index (χ1n) is 12.5. The minimum atomic E-state index is -1.74. The number of nitrogens with zero attached hydrogens (tertiary/aromatic N) is 6. The second kappa shape index (κ2) is 9.28. The van der Waals surface area contributed by atoms with E-state index in [1.807, 2.05) is 29.0 Å². The molecule has 2 aromatic carbocycles. The van der Waals surface area contributed by atoms with Crippen LogP contribution in [0.2, 0.25) is 0 Å². The molecule has 0 aliphatic carbocycles. The van der Waals surface area contributed by atoms with Gasteiger partial charge in [0.25, 0.3) is 22.9 Å². The molecule has 1 aromatic heterocycles. The zero-order valence-corrected chi connectivity index (χ0v) is 22.9. The summed E-state index contributed by atoms with van der Waals surface area (Å²) in [5.41, 5.74) is -1.26. The fourth-order valence-corrected chi connectivity index (χ4v) is 7.70. The molecule has 212 valence electrons. The highest BCUT2D eigenvalue weighted by atomic mass is 32.2. The molecule has 16 heteroatoms. The zero-order valence-electron chi connectivity index (χ0n) is 21.3. The van der Waals surface area contributed by atoms with Crippen molar-refractivity contribution in [3.8, 4) is 0 Å². The lowest BCUT2D eigenvalue weighted by Crippen LogP contribution is -2.67. The molecule has 1 unspecified atom stereocenters. The van der Waals surface area contributed by atoms with Crippen LogP contribution >= 0.6 is 23.1 Å². The highest BCUT2D eigenvalue weighted by Crippen LogP contribution is 2.63. The number of nitro groups is 2. The van der Waals surface area contributed by atoms with Crippen LogP contribution in [0.15, 0.2) is 82.6 Å². The molecule has 4 aliphatic rings. The average Bonchev–Trinajstić information content (AvgIpc) is 3.80. The van der Waals surface area contributed by atoms with E-state index >= 15 is 0 Å². The third-order valence-corrected chi connectivity index (χ3v) is 9.74. The predicted molar refractivity (Wildman–Crippen MR) is 151 cm³/mol. The molecule has 3 atom stereocenters. The second-order valence-corrected chi connectivity index (χ2v) is 11.9. The van der Waals surface area contributed by atoms with E-state index in [1.165, 1.54) is 81.6 Å². The Morgan fingerprint density at radius 3 is 2.33 bits per heavy atom. The van der Waals surface area contributed by atoms with Crippen LogP contribution in [-0.2, 0) is 25.7 Å². The van der Waals surface area contributed by atoms with Gasteiger partial charge in [-0.25, -0.2) is 19.6 Å². The molecule has 0 amide bonds. The van der Waals surface area contributed by atoms with Crippen molar-refractivity contribution in [2.45, 2.75) is 23.1 Å². The van der Waals surface area contributed by atoms with E-state index in [0.29, 0.717) is 11.4 Å². The van der Waals surface area contributed by atoms with Gasteiger partial charge in [-0.3, -0.25) is 25.2 Å². The Kier molecular flexibility index (Phi) is 5.74. The van der Waals surface area contributed by atoms with Gasteiger partial charge in [-0.05, 0) is 41.1 Å². The van der Waals surface area contributed by atoms with Crippen molar-refractivity contribution < 1.29 is 28.9 Å². The normalized spacial score (nSPS) is 25.1. The van der Waals surface area contributed by atoms with Crippen molar-refractivity contribution >= 4 is 63.6 Å². The lowest BCUT2D eigenvalue weighted by atomic mass is 9.88. The maximum Gasteiger partial charge on any atom is 0.378 e. The average molecular weight is 607 g/mol. The van der Waals surface area contributed by atoms with Gasteiger partial charge in [-0.2, -0.15) is 0 Å². The maximum atomic E-state index is 14.0. The number of rotatable bonds is 7. The Hall–Kier alpha value is -4.96. The summed E-state index contributed by atoms with van der Waals surface area (Å²) in [4.78, 5) is 50.2. The molecule has 4 aliphatic heterocycles. The number of non-ortho nitro benzene ring substituents is 2. The molecule has 2 fully saturated rings. The summed E-state index contributed by atoms with van der Waals surface area (Å²) < 4.78 is 10.3. The van der Waals surface area contributed by atoms with Crippen LogP contribution in [-0.4, -0.2) is 55.7 Å². The molecule has 14 nitrogen and oxygen atoms in total. The largest absolute Gasteiger partial charge is 0.461 e. The lowest BCUT2D eigenvalue weighted by Gasteiger charge is -2.40. The molecule has 3 aromatic rings. The van der Waals surface area contributed by atoms with Crippen molar-refractivity contribution in [3.05, 3.63) is 103 Å². The molecule has 7 rings (SSSR count). The highest BCUT2D eigenvalue weighted by Gasteiger charge is 2.83. The van der Waals surface area contributed by atoms with Gasteiger partial charge >= 0.3 is 11.9 Å². The van der Waals surface area contributed by atoms with E-state index in [0.717, 1.165) is 4.88 Å². The summed E-state index contributed by atoms with van der Waals surface area (Å²) in [6, 6.07) is 14.3. The Balaban J connectivity index is 1.40. The number of hydrogen-bond donors (Lipinski definition) is 0. The monoisotopic (exact) mass is 606 g/mol. The van der Waals surface area contributed by atoms with Crippen molar-refractivity contribution in [2.75, 3.05) is 16.6 Å². The molecule has 2 spiro atoms. The van der Waals surface area contributed by atoms with Crippen LogP contribution in [0.4, 0.5) is 22.7 Å². The molecular weight excluding hydrogens is 588 g/mol. The third-order valence-electron chi connectivity index (χ3n) is 7.54. The quantitative estimate of drug-likeness (QED) is 0.218. The number of thioether (sulfide) groups is 1. The Bertz CT molecular complexity index is 1700. The smallest absolute Gasteiger partial charge is 0.378 e. The minimum absolute atomic E-state index is 0.0287. The molecule has 0 bridgehead atoms. The summed E-state index contributed by atoms with van der Waals surface area (Å²) >= 11 is 2.76. The predicted octanol–water partition coefficient (Wildman–Crippen LogP) is 3.80. The number of anilines is 2. The molecule has 0 saturated carbocycles. The summed E-state index contributed by atoms with van der Waals surface area (Å²) in [5.74, 6) is -1.72. The molecule has 0 radical (unpaired) electrons. The van der Waals surface area contributed by atoms with Gasteiger partial charge in [-0.15, -0.1) is 28.2 Å². The van der Waals surface area contributed by atoms with Gasteiger partial charge in [0.05, 0.1) is 27.3 Å². The lowest BCUT2D eigenvalue weighted by molar-refractivity contribution is -0.385. The van der Waals surface area contributed by atoms with Crippen molar-refractivity contribution in [3.63, 3.8) is 0 Å². The van der Waals surface area contributed by atoms with Gasteiger partial charge in [0.15, 0.2) is 0 Å². The number of hydrazone groups is 1. The SMILES string of the molecule is O=C(OCc1cccs1)C1=NN(c2ccc([N+](=O)[O-])cc2)C23C(=O)OC[C@@]24SC=C[C@H]4N(c2ccc([N+](=O)[O-])cc2)N13. The van der Waals surface area contributed by atoms with Gasteiger partial charge in [0.2, 0.25) is 0 Å². The van der Waals surface area contributed by atoms with Crippen LogP contribution < -0.4 is 10.0 Å². The van der Waals surface area contributed by atoms with Gasteiger partial charge in [0, 0.05) is 29.1 Å². The van der Waals surface area contributed by atoms with E-state index < -0.39 is 38.2 Å².